The van der Waals surface area contributed by atoms with E-state index in [1.54, 1.807) is 0 Å². The number of nitrogens with one attached hydrogen (secondary N) is 1. The molecule has 0 saturated carbocycles. The predicted octanol–water partition coefficient (Wildman–Crippen LogP) is 4.31. The van der Waals surface area contributed by atoms with Crippen molar-refractivity contribution in [1.82, 2.24) is 5.43 Å². The molecule has 0 aromatic heterocycles. The molecule has 6 heteroatoms. The lowest BCUT2D eigenvalue weighted by molar-refractivity contribution is 0.598. The van der Waals surface area contributed by atoms with Gasteiger partial charge in [0.05, 0.1) is 11.4 Å². The first kappa shape index (κ1) is 15.7. The molecule has 0 fully saturated rings. The number of hydrogen-bond acceptors (Lipinski definition) is 3. The Labute approximate surface area is 137 Å². The van der Waals surface area contributed by atoms with Crippen molar-refractivity contribution >= 4 is 28.3 Å². The predicted molar refractivity (Wildman–Crippen MR) is 91.5 cm³/mol. The van der Waals surface area contributed by atoms with E-state index in [0.717, 1.165) is 29.4 Å². The third-order valence-electron chi connectivity index (χ3n) is 3.45. The minimum atomic E-state index is -0.484. The second-order valence-electron chi connectivity index (χ2n) is 5.29. The Morgan fingerprint density at radius 1 is 1.13 bits per heavy atom. The van der Waals surface area contributed by atoms with Crippen LogP contribution in [0.1, 0.15) is 16.7 Å². The van der Waals surface area contributed by atoms with Gasteiger partial charge in [-0.2, -0.15) is 5.10 Å². The molecule has 23 heavy (non-hydrogen) atoms. The Hall–Kier alpha value is -2.21. The van der Waals surface area contributed by atoms with Crippen molar-refractivity contribution in [3.63, 3.8) is 0 Å². The molecule has 0 atom stereocenters. The summed E-state index contributed by atoms with van der Waals surface area (Å²) in [4.78, 5) is 4.52. The summed E-state index contributed by atoms with van der Waals surface area (Å²) in [6, 6.07) is 9.36. The number of amidine groups is 1. The van der Waals surface area contributed by atoms with Gasteiger partial charge in [-0.1, -0.05) is 29.5 Å². The van der Waals surface area contributed by atoms with E-state index in [4.69, 9.17) is 0 Å². The van der Waals surface area contributed by atoms with Crippen LogP contribution in [0.2, 0.25) is 0 Å². The van der Waals surface area contributed by atoms with Gasteiger partial charge < -0.3 is 0 Å². The molecule has 0 unspecified atom stereocenters. The standard InChI is InChI=1S/C17H15F2N3S/c1-10-3-6-15(11(2)7-10)20-17-22-21-16(9-23-17)13-8-12(18)4-5-14(13)19/h3-8H,9H2,1-2H3,(H,20,22). The van der Waals surface area contributed by atoms with Crippen LogP contribution in [0, 0.1) is 25.5 Å². The summed E-state index contributed by atoms with van der Waals surface area (Å²) in [7, 11) is 0. The van der Waals surface area contributed by atoms with Crippen LogP contribution in [0.3, 0.4) is 0 Å². The van der Waals surface area contributed by atoms with Crippen molar-refractivity contribution in [3.05, 3.63) is 64.7 Å². The maximum absolute atomic E-state index is 13.8. The van der Waals surface area contributed by atoms with Crippen LogP contribution in [-0.2, 0) is 0 Å². The first-order valence-corrected chi connectivity index (χ1v) is 8.08. The lowest BCUT2D eigenvalue weighted by Crippen LogP contribution is -2.25. The summed E-state index contributed by atoms with van der Waals surface area (Å²) in [6.07, 6.45) is 0. The van der Waals surface area contributed by atoms with E-state index in [-0.39, 0.29) is 5.56 Å². The zero-order valence-electron chi connectivity index (χ0n) is 12.7. The normalized spacial score (nSPS) is 16.2. The Bertz CT molecular complexity index is 815. The Morgan fingerprint density at radius 3 is 2.65 bits per heavy atom. The first-order valence-electron chi connectivity index (χ1n) is 7.09. The van der Waals surface area contributed by atoms with E-state index in [2.05, 4.69) is 21.6 Å². The van der Waals surface area contributed by atoms with Crippen LogP contribution >= 0.6 is 11.8 Å². The molecule has 0 amide bonds. The van der Waals surface area contributed by atoms with Crippen LogP contribution in [0.15, 0.2) is 46.5 Å². The van der Waals surface area contributed by atoms with Gasteiger partial charge in [0.2, 0.25) is 0 Å². The Kier molecular flexibility index (Phi) is 4.43. The van der Waals surface area contributed by atoms with E-state index < -0.39 is 11.6 Å². The molecular formula is C17H15F2N3S. The Morgan fingerprint density at radius 2 is 1.96 bits per heavy atom. The van der Waals surface area contributed by atoms with Gasteiger partial charge >= 0.3 is 0 Å². The molecule has 0 saturated heterocycles. The topological polar surface area (TPSA) is 36.8 Å². The van der Waals surface area contributed by atoms with Crippen molar-refractivity contribution in [2.24, 2.45) is 10.1 Å². The van der Waals surface area contributed by atoms with Gasteiger partial charge in [-0.05, 0) is 43.7 Å². The van der Waals surface area contributed by atoms with Gasteiger partial charge in [-0.25, -0.2) is 13.8 Å². The van der Waals surface area contributed by atoms with Crippen LogP contribution in [0.5, 0.6) is 0 Å². The molecule has 0 aliphatic carbocycles. The molecule has 0 spiro atoms. The second-order valence-corrected chi connectivity index (χ2v) is 6.25. The first-order chi connectivity index (χ1) is 11.0. The fourth-order valence-electron chi connectivity index (χ4n) is 2.27. The van der Waals surface area contributed by atoms with Gasteiger partial charge in [0, 0.05) is 11.3 Å². The molecule has 2 aromatic carbocycles. The van der Waals surface area contributed by atoms with Gasteiger partial charge in [0.15, 0.2) is 5.17 Å². The van der Waals surface area contributed by atoms with Crippen molar-refractivity contribution in [2.45, 2.75) is 13.8 Å². The van der Waals surface area contributed by atoms with Crippen LogP contribution in [-0.4, -0.2) is 16.6 Å². The average Bonchev–Trinajstić information content (AvgIpc) is 2.53. The van der Waals surface area contributed by atoms with Gasteiger partial charge in [0.1, 0.15) is 11.6 Å². The molecule has 1 aliphatic heterocycles. The monoisotopic (exact) mass is 331 g/mol. The smallest absolute Gasteiger partial charge is 0.182 e. The van der Waals surface area contributed by atoms with E-state index in [1.165, 1.54) is 17.3 Å². The maximum atomic E-state index is 13.8. The highest BCUT2D eigenvalue weighted by molar-refractivity contribution is 8.14. The number of halogens is 2. The lowest BCUT2D eigenvalue weighted by atomic mass is 10.1. The summed E-state index contributed by atoms with van der Waals surface area (Å²) in [6.45, 7) is 4.03. The van der Waals surface area contributed by atoms with Crippen molar-refractivity contribution in [2.75, 3.05) is 5.75 Å². The highest BCUT2D eigenvalue weighted by atomic mass is 32.2. The highest BCUT2D eigenvalue weighted by Crippen LogP contribution is 2.23. The number of thioether (sulfide) groups is 1. The fraction of sp³-hybridized carbons (Fsp3) is 0.176. The molecule has 118 valence electrons. The maximum Gasteiger partial charge on any atom is 0.182 e. The zero-order chi connectivity index (χ0) is 16.4. The largest absolute Gasteiger partial charge is 0.255 e. The van der Waals surface area contributed by atoms with Crippen molar-refractivity contribution < 1.29 is 8.78 Å². The summed E-state index contributed by atoms with van der Waals surface area (Å²) in [5.74, 6) is -0.539. The third-order valence-corrected chi connectivity index (χ3v) is 4.32. The fourth-order valence-corrected chi connectivity index (χ4v) is 3.04. The third kappa shape index (κ3) is 3.59. The number of aliphatic imine (C=N–C) groups is 1. The molecule has 3 rings (SSSR count). The average molecular weight is 331 g/mol. The zero-order valence-corrected chi connectivity index (χ0v) is 13.5. The SMILES string of the molecule is Cc1ccc(N=C2NN=C(c3cc(F)ccc3F)CS2)c(C)c1. The summed E-state index contributed by atoms with van der Waals surface area (Å²) in [5.41, 5.74) is 6.57. The number of hydrazone groups is 1. The summed E-state index contributed by atoms with van der Waals surface area (Å²) >= 11 is 1.41. The molecule has 1 heterocycles. The minimum absolute atomic E-state index is 0.176. The van der Waals surface area contributed by atoms with E-state index in [0.29, 0.717) is 16.6 Å². The summed E-state index contributed by atoms with van der Waals surface area (Å²) < 4.78 is 27.0. The molecular weight excluding hydrogens is 316 g/mol. The lowest BCUT2D eigenvalue weighted by Gasteiger charge is -2.15. The van der Waals surface area contributed by atoms with Crippen molar-refractivity contribution in [1.29, 1.82) is 0 Å². The van der Waals surface area contributed by atoms with Crippen LogP contribution in [0.4, 0.5) is 14.5 Å². The van der Waals surface area contributed by atoms with E-state index >= 15 is 0 Å². The molecule has 0 radical (unpaired) electrons. The number of nitrogens with zero attached hydrogens (tertiary/aromatic N) is 2. The van der Waals surface area contributed by atoms with E-state index in [9.17, 15) is 8.78 Å². The van der Waals surface area contributed by atoms with Gasteiger partial charge in [-0.3, -0.25) is 5.43 Å². The number of hydrogen-bond donors (Lipinski definition) is 1. The Balaban J connectivity index is 1.83. The van der Waals surface area contributed by atoms with Crippen LogP contribution < -0.4 is 5.43 Å². The van der Waals surface area contributed by atoms with Crippen molar-refractivity contribution in [3.8, 4) is 0 Å². The van der Waals surface area contributed by atoms with Gasteiger partial charge in [0.25, 0.3) is 0 Å². The molecule has 1 N–H and O–H groups in total. The number of benzene rings is 2. The summed E-state index contributed by atoms with van der Waals surface area (Å²) in [5, 5.41) is 4.77. The van der Waals surface area contributed by atoms with Gasteiger partial charge in [-0.15, -0.1) is 0 Å². The number of aryl methyl sites for hydroxylation is 2. The molecule has 3 nitrogen and oxygen atoms in total. The van der Waals surface area contributed by atoms with Crippen LogP contribution in [0.25, 0.3) is 0 Å². The molecule has 1 aliphatic rings. The highest BCUT2D eigenvalue weighted by Gasteiger charge is 2.17. The second kappa shape index (κ2) is 6.50. The minimum Gasteiger partial charge on any atom is -0.255 e. The number of rotatable bonds is 2. The molecule has 0 bridgehead atoms. The molecule has 2 aromatic rings. The quantitative estimate of drug-likeness (QED) is 0.890. The van der Waals surface area contributed by atoms with E-state index in [1.807, 2.05) is 26.0 Å².